The first-order chi connectivity index (χ1) is 15.1. The predicted octanol–water partition coefficient (Wildman–Crippen LogP) is 7.87. The third kappa shape index (κ3) is 5.56. The number of thiocarbonyl (C=S) groups is 1. The molecule has 4 heteroatoms. The van der Waals surface area contributed by atoms with Crippen LogP contribution in [0.3, 0.4) is 0 Å². The lowest BCUT2D eigenvalue weighted by atomic mass is 9.76. The average molecular weight is 434 g/mol. The number of hydrogen-bond donors (Lipinski definition) is 0. The number of rotatable bonds is 4. The Balaban J connectivity index is 1.38. The quantitative estimate of drug-likeness (QED) is 0.207. The molecule has 1 saturated carbocycles. The maximum absolute atomic E-state index is 14.1. The lowest BCUT2D eigenvalue weighted by Crippen LogP contribution is -2.13. The van der Waals surface area contributed by atoms with Gasteiger partial charge in [-0.05, 0) is 93.1 Å². The van der Waals surface area contributed by atoms with Crippen LogP contribution in [-0.2, 0) is 0 Å². The van der Waals surface area contributed by atoms with Crippen LogP contribution >= 0.6 is 12.2 Å². The van der Waals surface area contributed by atoms with E-state index >= 15 is 0 Å². The maximum Gasteiger partial charge on any atom is 0.143 e. The number of allylic oxidation sites excluding steroid dienone is 2. The average Bonchev–Trinajstić information content (AvgIpc) is 3.27. The molecule has 2 aliphatic carbocycles. The van der Waals surface area contributed by atoms with Crippen molar-refractivity contribution >= 4 is 23.1 Å². The minimum Gasteiger partial charge on any atom is -0.205 e. The second-order valence-corrected chi connectivity index (χ2v) is 8.72. The van der Waals surface area contributed by atoms with Crippen molar-refractivity contribution in [2.24, 2.45) is 10.9 Å². The van der Waals surface area contributed by atoms with Gasteiger partial charge in [-0.1, -0.05) is 35.6 Å². The highest BCUT2D eigenvalue weighted by Crippen LogP contribution is 2.39. The molecule has 0 radical (unpaired) electrons. The fraction of sp³-hybridized carbons (Fsp3) is 0.370. The van der Waals surface area contributed by atoms with Crippen molar-refractivity contribution in [2.75, 3.05) is 0 Å². The van der Waals surface area contributed by atoms with Gasteiger partial charge in [-0.2, -0.15) is 4.99 Å². The van der Waals surface area contributed by atoms with E-state index < -0.39 is 11.6 Å². The normalized spacial score (nSPS) is 20.4. The Hall–Kier alpha value is -2.60. The molecule has 2 aliphatic rings. The highest BCUT2D eigenvalue weighted by molar-refractivity contribution is 7.78. The summed E-state index contributed by atoms with van der Waals surface area (Å²) < 4.78 is 28.3. The molecule has 1 nitrogen and oxygen atoms in total. The van der Waals surface area contributed by atoms with Crippen LogP contribution in [0.15, 0.2) is 53.0 Å². The highest BCUT2D eigenvalue weighted by Gasteiger charge is 2.23. The van der Waals surface area contributed by atoms with Crippen molar-refractivity contribution in [2.45, 2.75) is 57.3 Å². The van der Waals surface area contributed by atoms with Crippen LogP contribution in [0, 0.1) is 29.4 Å². The van der Waals surface area contributed by atoms with Crippen molar-refractivity contribution < 1.29 is 8.78 Å². The van der Waals surface area contributed by atoms with Crippen LogP contribution < -0.4 is 0 Å². The highest BCUT2D eigenvalue weighted by atomic mass is 32.1. The molecular weight excluding hydrogens is 408 g/mol. The number of hydrogen-bond acceptors (Lipinski definition) is 2. The van der Waals surface area contributed by atoms with Gasteiger partial charge in [-0.25, -0.2) is 8.78 Å². The van der Waals surface area contributed by atoms with Gasteiger partial charge in [0.1, 0.15) is 11.6 Å². The molecule has 0 aliphatic heterocycles. The first-order valence-electron chi connectivity index (χ1n) is 11.0. The van der Waals surface area contributed by atoms with Crippen molar-refractivity contribution in [1.29, 1.82) is 0 Å². The molecule has 31 heavy (non-hydrogen) atoms. The first kappa shape index (κ1) is 21.6. The van der Waals surface area contributed by atoms with Crippen molar-refractivity contribution in [3.63, 3.8) is 0 Å². The van der Waals surface area contributed by atoms with E-state index in [0.29, 0.717) is 5.92 Å². The van der Waals surface area contributed by atoms with Crippen LogP contribution in [0.5, 0.6) is 0 Å². The van der Waals surface area contributed by atoms with Gasteiger partial charge in [-0.3, -0.25) is 0 Å². The zero-order chi connectivity index (χ0) is 21.6. The molecule has 1 fully saturated rings. The van der Waals surface area contributed by atoms with Crippen molar-refractivity contribution in [3.8, 4) is 11.8 Å². The van der Waals surface area contributed by atoms with E-state index in [1.807, 2.05) is 12.1 Å². The molecule has 158 valence electrons. The Bertz CT molecular complexity index is 1050. The lowest BCUT2D eigenvalue weighted by molar-refractivity contribution is 0.323. The minimum absolute atomic E-state index is 0.0922. The zero-order valence-corrected chi connectivity index (χ0v) is 18.3. The summed E-state index contributed by atoms with van der Waals surface area (Å²) in [6.45, 7) is 0. The monoisotopic (exact) mass is 433 g/mol. The van der Waals surface area contributed by atoms with E-state index in [-0.39, 0.29) is 11.3 Å². The largest absolute Gasteiger partial charge is 0.205 e. The third-order valence-electron chi connectivity index (χ3n) is 6.45. The second kappa shape index (κ2) is 10.1. The van der Waals surface area contributed by atoms with Crippen LogP contribution in [0.2, 0.25) is 0 Å². The molecule has 0 spiro atoms. The number of benzene rings is 2. The standard InChI is InChI=1S/C27H25F2NS/c28-26-16-24(30-18-31)17-27(29)25(26)14-9-19-5-10-22(11-6-19)23-12-7-21(8-13-23)15-20-3-1-2-4-20/h3,5-6,10-11,16-17,21,23H,1-2,4,7-8,12-13,15H2. The molecule has 0 amide bonds. The van der Waals surface area contributed by atoms with Gasteiger partial charge in [-0.15, -0.1) is 0 Å². The first-order valence-corrected chi connectivity index (χ1v) is 11.4. The van der Waals surface area contributed by atoms with Crippen LogP contribution in [0.25, 0.3) is 0 Å². The fourth-order valence-corrected chi connectivity index (χ4v) is 4.87. The zero-order valence-electron chi connectivity index (χ0n) is 17.5. The number of isothiocyanates is 1. The van der Waals surface area contributed by atoms with Gasteiger partial charge in [0, 0.05) is 17.7 Å². The third-order valence-corrected chi connectivity index (χ3v) is 6.54. The molecule has 2 aromatic rings. The smallest absolute Gasteiger partial charge is 0.143 e. The predicted molar refractivity (Wildman–Crippen MR) is 125 cm³/mol. The SMILES string of the molecule is Fc1cc(N=C=S)cc(F)c1C#Cc1ccc(C2CCC(CC3=CCCC3)CC2)cc1. The Labute approximate surface area is 188 Å². The van der Waals surface area contributed by atoms with Gasteiger partial charge < -0.3 is 0 Å². The maximum atomic E-state index is 14.1. The number of nitrogens with zero attached hydrogens (tertiary/aromatic N) is 1. The molecule has 0 saturated heterocycles. The summed E-state index contributed by atoms with van der Waals surface area (Å²) in [5.41, 5.74) is 3.59. The van der Waals surface area contributed by atoms with E-state index in [9.17, 15) is 8.78 Å². The summed E-state index contributed by atoms with van der Waals surface area (Å²) in [6.07, 6.45) is 12.7. The summed E-state index contributed by atoms with van der Waals surface area (Å²) in [6, 6.07) is 10.3. The molecule has 4 rings (SSSR count). The van der Waals surface area contributed by atoms with Gasteiger partial charge in [0.05, 0.1) is 16.4 Å². The van der Waals surface area contributed by atoms with Crippen LogP contribution in [0.1, 0.15) is 74.0 Å². The van der Waals surface area contributed by atoms with Crippen molar-refractivity contribution in [1.82, 2.24) is 0 Å². The molecule has 0 bridgehead atoms. The number of aliphatic imine (C=N–C) groups is 1. The van der Waals surface area contributed by atoms with E-state index in [1.54, 1.807) is 5.57 Å². The fourth-order valence-electron chi connectivity index (χ4n) is 4.76. The molecule has 0 unspecified atom stereocenters. The van der Waals surface area contributed by atoms with Gasteiger partial charge in [0.25, 0.3) is 0 Å². The van der Waals surface area contributed by atoms with Crippen molar-refractivity contribution in [3.05, 3.63) is 76.4 Å². The van der Waals surface area contributed by atoms with E-state index in [1.165, 1.54) is 56.9 Å². The van der Waals surface area contributed by atoms with E-state index in [2.05, 4.69) is 52.4 Å². The van der Waals surface area contributed by atoms with E-state index in [0.717, 1.165) is 23.6 Å². The molecule has 0 aromatic heterocycles. The Kier molecular flexibility index (Phi) is 7.07. The molecule has 0 N–H and O–H groups in total. The summed E-state index contributed by atoms with van der Waals surface area (Å²) in [4.78, 5) is 3.61. The second-order valence-electron chi connectivity index (χ2n) is 8.54. The van der Waals surface area contributed by atoms with Crippen LogP contribution in [-0.4, -0.2) is 5.16 Å². The molecule has 0 atom stereocenters. The van der Waals surface area contributed by atoms with Crippen LogP contribution in [0.4, 0.5) is 14.5 Å². The minimum atomic E-state index is -0.752. The van der Waals surface area contributed by atoms with Gasteiger partial charge in [0.15, 0.2) is 0 Å². The Morgan fingerprint density at radius 3 is 2.29 bits per heavy atom. The summed E-state index contributed by atoms with van der Waals surface area (Å²) >= 11 is 4.47. The Morgan fingerprint density at radius 2 is 1.68 bits per heavy atom. The molecule has 2 aromatic carbocycles. The summed E-state index contributed by atoms with van der Waals surface area (Å²) in [7, 11) is 0. The van der Waals surface area contributed by atoms with Gasteiger partial charge in [0.2, 0.25) is 0 Å². The molecule has 0 heterocycles. The summed E-state index contributed by atoms with van der Waals surface area (Å²) in [5.74, 6) is 5.42. The lowest BCUT2D eigenvalue weighted by Gasteiger charge is -2.29. The Morgan fingerprint density at radius 1 is 0.968 bits per heavy atom. The number of halogens is 2. The topological polar surface area (TPSA) is 12.4 Å². The van der Waals surface area contributed by atoms with Gasteiger partial charge >= 0.3 is 0 Å². The molecular formula is C27H25F2NS. The van der Waals surface area contributed by atoms with E-state index in [4.69, 9.17) is 0 Å². The summed E-state index contributed by atoms with van der Waals surface area (Å²) in [5, 5.41) is 2.10.